The number of nitrogens with zero attached hydrogens (tertiary/aromatic N) is 1. The van der Waals surface area contributed by atoms with E-state index in [4.69, 9.17) is 5.73 Å². The second-order valence-corrected chi connectivity index (χ2v) is 5.33. The summed E-state index contributed by atoms with van der Waals surface area (Å²) in [7, 11) is 0. The Labute approximate surface area is 116 Å². The molecule has 0 spiro atoms. The van der Waals surface area contributed by atoms with Gasteiger partial charge in [0.15, 0.2) is 0 Å². The highest BCUT2D eigenvalue weighted by Gasteiger charge is 2.41. The maximum Gasteiger partial charge on any atom is 0.393 e. The third-order valence-electron chi connectivity index (χ3n) is 3.70. The Morgan fingerprint density at radius 3 is 2.80 bits per heavy atom. The molecule has 1 aromatic rings. The van der Waals surface area contributed by atoms with Crippen molar-refractivity contribution in [2.75, 3.05) is 25.4 Å². The number of nitrogen functional groups attached to an aromatic ring is 1. The van der Waals surface area contributed by atoms with Gasteiger partial charge in [-0.3, -0.25) is 4.90 Å². The monoisotopic (exact) mass is 288 g/mol. The molecule has 1 aliphatic rings. The van der Waals surface area contributed by atoms with E-state index in [9.17, 15) is 18.3 Å². The smallest absolute Gasteiger partial charge is 0.393 e. The first kappa shape index (κ1) is 15.1. The summed E-state index contributed by atoms with van der Waals surface area (Å²) in [6.45, 7) is 0.755. The van der Waals surface area contributed by atoms with Gasteiger partial charge in [0.25, 0.3) is 0 Å². The standard InChI is InChI=1S/C14H19F3N2O/c15-14(16,17)11-4-2-6-19(8-11)9-13(20)10-3-1-5-12(18)7-10/h1,3,5,7,11,13,20H,2,4,6,8-9,18H2. The van der Waals surface area contributed by atoms with Gasteiger partial charge in [0.05, 0.1) is 12.0 Å². The number of aliphatic hydroxyl groups is 1. The molecule has 6 heteroatoms. The number of β-amino-alcohol motifs (C(OH)–C–C–N with tert-alkyl or cyclic N) is 1. The molecule has 2 rings (SSSR count). The van der Waals surface area contributed by atoms with Crippen LogP contribution in [0.3, 0.4) is 0 Å². The number of nitrogens with two attached hydrogens (primary N) is 1. The number of benzene rings is 1. The van der Waals surface area contributed by atoms with Crippen molar-refractivity contribution in [3.63, 3.8) is 0 Å². The molecule has 20 heavy (non-hydrogen) atoms. The molecule has 2 unspecified atom stereocenters. The first-order valence-electron chi connectivity index (χ1n) is 6.69. The molecule has 112 valence electrons. The van der Waals surface area contributed by atoms with Gasteiger partial charge in [-0.1, -0.05) is 12.1 Å². The highest BCUT2D eigenvalue weighted by Crippen LogP contribution is 2.33. The van der Waals surface area contributed by atoms with Gasteiger partial charge in [0, 0.05) is 18.8 Å². The quantitative estimate of drug-likeness (QED) is 0.841. The molecule has 0 saturated carbocycles. The van der Waals surface area contributed by atoms with Crippen molar-refractivity contribution < 1.29 is 18.3 Å². The maximum atomic E-state index is 12.7. The summed E-state index contributed by atoms with van der Waals surface area (Å²) in [6.07, 6.45) is -4.28. The van der Waals surface area contributed by atoms with Crippen LogP contribution in [0.2, 0.25) is 0 Å². The molecular formula is C14H19F3N2O. The second-order valence-electron chi connectivity index (χ2n) is 5.33. The fourth-order valence-electron chi connectivity index (χ4n) is 2.60. The van der Waals surface area contributed by atoms with Crippen molar-refractivity contribution in [2.24, 2.45) is 5.92 Å². The zero-order chi connectivity index (χ0) is 14.8. The van der Waals surface area contributed by atoms with Gasteiger partial charge >= 0.3 is 6.18 Å². The van der Waals surface area contributed by atoms with Crippen LogP contribution in [0.5, 0.6) is 0 Å². The van der Waals surface area contributed by atoms with Gasteiger partial charge < -0.3 is 10.8 Å². The molecule has 1 aromatic carbocycles. The Hall–Kier alpha value is -1.27. The van der Waals surface area contributed by atoms with E-state index in [2.05, 4.69) is 0 Å². The van der Waals surface area contributed by atoms with Gasteiger partial charge in [-0.25, -0.2) is 0 Å². The van der Waals surface area contributed by atoms with Gasteiger partial charge in [-0.05, 0) is 37.1 Å². The molecule has 0 aliphatic carbocycles. The highest BCUT2D eigenvalue weighted by molar-refractivity contribution is 5.41. The number of halogens is 3. The molecular weight excluding hydrogens is 269 g/mol. The number of aliphatic hydroxyl groups excluding tert-OH is 1. The molecule has 2 atom stereocenters. The Bertz CT molecular complexity index is 450. The third kappa shape index (κ3) is 3.86. The van der Waals surface area contributed by atoms with Crippen LogP contribution in [-0.2, 0) is 0 Å². The van der Waals surface area contributed by atoms with Crippen LogP contribution < -0.4 is 5.73 Å². The van der Waals surface area contributed by atoms with E-state index in [0.717, 1.165) is 0 Å². The highest BCUT2D eigenvalue weighted by atomic mass is 19.4. The minimum absolute atomic E-state index is 0.0388. The van der Waals surface area contributed by atoms with E-state index in [1.807, 2.05) is 0 Å². The van der Waals surface area contributed by atoms with E-state index in [-0.39, 0.29) is 19.5 Å². The number of hydrogen-bond donors (Lipinski definition) is 2. The van der Waals surface area contributed by atoms with Crippen LogP contribution in [0, 0.1) is 5.92 Å². The molecule has 1 heterocycles. The Kier molecular flexibility index (Phi) is 4.55. The predicted molar refractivity (Wildman–Crippen MR) is 71.0 cm³/mol. The van der Waals surface area contributed by atoms with Crippen molar-refractivity contribution in [3.05, 3.63) is 29.8 Å². The van der Waals surface area contributed by atoms with E-state index in [0.29, 0.717) is 24.2 Å². The van der Waals surface area contributed by atoms with Crippen LogP contribution in [0.15, 0.2) is 24.3 Å². The number of likely N-dealkylation sites (tertiary alicyclic amines) is 1. The summed E-state index contributed by atoms with van der Waals surface area (Å²) in [6, 6.07) is 6.81. The third-order valence-corrected chi connectivity index (χ3v) is 3.70. The van der Waals surface area contributed by atoms with Crippen molar-refractivity contribution in [3.8, 4) is 0 Å². The number of alkyl halides is 3. The van der Waals surface area contributed by atoms with Gasteiger partial charge in [-0.15, -0.1) is 0 Å². The molecule has 0 aromatic heterocycles. The van der Waals surface area contributed by atoms with Gasteiger partial charge in [0.2, 0.25) is 0 Å². The lowest BCUT2D eigenvalue weighted by molar-refractivity contribution is -0.187. The predicted octanol–water partition coefficient (Wildman–Crippen LogP) is 2.58. The molecule has 0 amide bonds. The summed E-state index contributed by atoms with van der Waals surface area (Å²) in [5, 5.41) is 10.1. The molecule has 1 aliphatic heterocycles. The Morgan fingerprint density at radius 2 is 2.15 bits per heavy atom. The Balaban J connectivity index is 1.96. The van der Waals surface area contributed by atoms with Crippen LogP contribution in [0.4, 0.5) is 18.9 Å². The first-order valence-corrected chi connectivity index (χ1v) is 6.69. The normalized spacial score (nSPS) is 22.7. The fraction of sp³-hybridized carbons (Fsp3) is 0.571. The van der Waals surface area contributed by atoms with Gasteiger partial charge in [0.1, 0.15) is 0 Å². The Morgan fingerprint density at radius 1 is 1.40 bits per heavy atom. The number of hydrogen-bond acceptors (Lipinski definition) is 3. The minimum Gasteiger partial charge on any atom is -0.399 e. The zero-order valence-corrected chi connectivity index (χ0v) is 11.1. The van der Waals surface area contributed by atoms with Crippen LogP contribution >= 0.6 is 0 Å². The topological polar surface area (TPSA) is 49.5 Å². The summed E-state index contributed by atoms with van der Waals surface area (Å²) in [5.41, 5.74) is 6.81. The van der Waals surface area contributed by atoms with Crippen LogP contribution in [0.1, 0.15) is 24.5 Å². The summed E-state index contributed by atoms with van der Waals surface area (Å²) in [5.74, 6) is -1.29. The lowest BCUT2D eigenvalue weighted by atomic mass is 9.96. The summed E-state index contributed by atoms with van der Waals surface area (Å²) < 4.78 is 38.2. The number of anilines is 1. The fourth-order valence-corrected chi connectivity index (χ4v) is 2.60. The van der Waals surface area contributed by atoms with E-state index in [1.165, 1.54) is 0 Å². The molecule has 0 radical (unpaired) electrons. The van der Waals surface area contributed by atoms with Gasteiger partial charge in [-0.2, -0.15) is 13.2 Å². The molecule has 1 fully saturated rings. The van der Waals surface area contributed by atoms with E-state index >= 15 is 0 Å². The first-order chi connectivity index (χ1) is 9.36. The minimum atomic E-state index is -4.15. The summed E-state index contributed by atoms with van der Waals surface area (Å²) in [4.78, 5) is 1.68. The summed E-state index contributed by atoms with van der Waals surface area (Å²) >= 11 is 0. The lowest BCUT2D eigenvalue weighted by Crippen LogP contribution is -2.43. The number of piperidine rings is 1. The molecule has 3 N–H and O–H groups in total. The van der Waals surface area contributed by atoms with E-state index in [1.54, 1.807) is 29.2 Å². The second kappa shape index (κ2) is 6.01. The lowest BCUT2D eigenvalue weighted by Gasteiger charge is -2.34. The van der Waals surface area contributed by atoms with E-state index < -0.39 is 18.2 Å². The van der Waals surface area contributed by atoms with Crippen molar-refractivity contribution >= 4 is 5.69 Å². The van der Waals surface area contributed by atoms with Crippen molar-refractivity contribution in [1.29, 1.82) is 0 Å². The average molecular weight is 288 g/mol. The van der Waals surface area contributed by atoms with Crippen LogP contribution in [-0.4, -0.2) is 35.8 Å². The number of rotatable bonds is 3. The molecule has 3 nitrogen and oxygen atoms in total. The largest absolute Gasteiger partial charge is 0.399 e. The SMILES string of the molecule is Nc1cccc(C(O)CN2CCCC(C(F)(F)F)C2)c1. The molecule has 0 bridgehead atoms. The van der Waals surface area contributed by atoms with Crippen LogP contribution in [0.25, 0.3) is 0 Å². The average Bonchev–Trinajstić information content (AvgIpc) is 2.38. The maximum absolute atomic E-state index is 12.7. The van der Waals surface area contributed by atoms with Crippen molar-refractivity contribution in [2.45, 2.75) is 25.1 Å². The van der Waals surface area contributed by atoms with Crippen molar-refractivity contribution in [1.82, 2.24) is 4.90 Å². The molecule has 1 saturated heterocycles. The zero-order valence-electron chi connectivity index (χ0n) is 11.1.